The Hall–Kier alpha value is -1.81. The summed E-state index contributed by atoms with van der Waals surface area (Å²) < 4.78 is 6.95. The van der Waals surface area contributed by atoms with Gasteiger partial charge in [-0.05, 0) is 30.5 Å². The molecule has 1 heterocycles. The number of nitrogens with zero attached hydrogens (tertiary/aromatic N) is 2. The number of halogens is 1. The summed E-state index contributed by atoms with van der Waals surface area (Å²) in [6.45, 7) is 8.51. The Kier molecular flexibility index (Phi) is 4.91. The van der Waals surface area contributed by atoms with Gasteiger partial charge in [0, 0.05) is 23.3 Å². The average Bonchev–Trinajstić information content (AvgIpc) is 2.80. The molecule has 0 saturated carbocycles. The maximum Gasteiger partial charge on any atom is 0.358 e. The number of benzene rings is 1. The molecule has 118 valence electrons. The van der Waals surface area contributed by atoms with Crippen molar-refractivity contribution in [2.24, 2.45) is 5.41 Å². The second-order valence-electron chi connectivity index (χ2n) is 6.35. The Labute approximate surface area is 136 Å². The molecule has 0 spiro atoms. The van der Waals surface area contributed by atoms with E-state index < -0.39 is 5.97 Å². The zero-order valence-corrected chi connectivity index (χ0v) is 14.1. The molecule has 4 nitrogen and oxygen atoms in total. The van der Waals surface area contributed by atoms with E-state index in [9.17, 15) is 4.79 Å². The number of aromatic nitrogens is 2. The number of hydrogen-bond donors (Lipinski definition) is 0. The summed E-state index contributed by atoms with van der Waals surface area (Å²) in [6.07, 6.45) is 2.45. The van der Waals surface area contributed by atoms with Gasteiger partial charge in [0.25, 0.3) is 0 Å². The van der Waals surface area contributed by atoms with Crippen LogP contribution in [0.3, 0.4) is 0 Å². The highest BCUT2D eigenvalue weighted by atomic mass is 35.5. The van der Waals surface area contributed by atoms with Crippen LogP contribution in [0.4, 0.5) is 0 Å². The minimum Gasteiger partial charge on any atom is -0.461 e. The fraction of sp³-hybridized carbons (Fsp3) is 0.412. The van der Waals surface area contributed by atoms with Crippen LogP contribution in [-0.4, -0.2) is 22.1 Å². The van der Waals surface area contributed by atoms with Gasteiger partial charge in [0.05, 0.1) is 6.61 Å². The second-order valence-corrected chi connectivity index (χ2v) is 6.79. The Morgan fingerprint density at radius 2 is 2.09 bits per heavy atom. The minimum absolute atomic E-state index is 0.0492. The van der Waals surface area contributed by atoms with Gasteiger partial charge in [-0.2, -0.15) is 0 Å². The standard InChI is InChI=1S/C17H21ClN2O2/c1-5-22-16(21)14-11-20(13-8-6-7-12(18)9-13)15(19-14)10-17(2,3)4/h6-9,11H,5,10H2,1-4H3. The van der Waals surface area contributed by atoms with Gasteiger partial charge in [-0.25, -0.2) is 9.78 Å². The van der Waals surface area contributed by atoms with Crippen molar-refractivity contribution in [3.05, 3.63) is 47.0 Å². The van der Waals surface area contributed by atoms with Crippen molar-refractivity contribution in [2.75, 3.05) is 6.61 Å². The number of rotatable bonds is 4. The lowest BCUT2D eigenvalue weighted by Gasteiger charge is -2.18. The largest absolute Gasteiger partial charge is 0.461 e. The van der Waals surface area contributed by atoms with Crippen LogP contribution in [0.15, 0.2) is 30.5 Å². The summed E-state index contributed by atoms with van der Waals surface area (Å²) >= 11 is 6.07. The maximum absolute atomic E-state index is 11.9. The monoisotopic (exact) mass is 320 g/mol. The van der Waals surface area contributed by atoms with Crippen molar-refractivity contribution in [2.45, 2.75) is 34.1 Å². The van der Waals surface area contributed by atoms with Crippen LogP contribution in [0.25, 0.3) is 5.69 Å². The summed E-state index contributed by atoms with van der Waals surface area (Å²) in [7, 11) is 0. The molecule has 0 amide bonds. The molecule has 1 aromatic heterocycles. The predicted octanol–water partition coefficient (Wildman–Crippen LogP) is 4.29. The molecule has 0 saturated heterocycles. The van der Waals surface area contributed by atoms with E-state index in [4.69, 9.17) is 16.3 Å². The van der Waals surface area contributed by atoms with Gasteiger partial charge in [0.1, 0.15) is 5.82 Å². The number of esters is 1. The van der Waals surface area contributed by atoms with Crippen LogP contribution < -0.4 is 0 Å². The Bertz CT molecular complexity index is 672. The molecule has 1 aromatic carbocycles. The quantitative estimate of drug-likeness (QED) is 0.789. The third-order valence-corrected chi connectivity index (χ3v) is 3.27. The molecule has 0 fully saturated rings. The summed E-state index contributed by atoms with van der Waals surface area (Å²) in [5.74, 6) is 0.413. The third-order valence-electron chi connectivity index (χ3n) is 3.04. The fourth-order valence-corrected chi connectivity index (χ4v) is 2.36. The summed E-state index contributed by atoms with van der Waals surface area (Å²) in [4.78, 5) is 16.4. The Morgan fingerprint density at radius 1 is 1.36 bits per heavy atom. The molecule has 22 heavy (non-hydrogen) atoms. The highest BCUT2D eigenvalue weighted by molar-refractivity contribution is 6.30. The molecule has 0 bridgehead atoms. The minimum atomic E-state index is -0.404. The van der Waals surface area contributed by atoms with Gasteiger partial charge in [-0.15, -0.1) is 0 Å². The zero-order chi connectivity index (χ0) is 16.3. The van der Waals surface area contributed by atoms with Crippen LogP contribution in [0.5, 0.6) is 0 Å². The van der Waals surface area contributed by atoms with Crippen molar-refractivity contribution in [3.63, 3.8) is 0 Å². The maximum atomic E-state index is 11.9. The van der Waals surface area contributed by atoms with Crippen molar-refractivity contribution in [3.8, 4) is 5.69 Å². The topological polar surface area (TPSA) is 44.1 Å². The van der Waals surface area contributed by atoms with E-state index in [1.165, 1.54) is 0 Å². The van der Waals surface area contributed by atoms with Crippen LogP contribution >= 0.6 is 11.6 Å². The molecule has 0 aliphatic rings. The van der Waals surface area contributed by atoms with E-state index in [0.29, 0.717) is 17.3 Å². The van der Waals surface area contributed by atoms with Gasteiger partial charge in [-0.3, -0.25) is 0 Å². The average molecular weight is 321 g/mol. The van der Waals surface area contributed by atoms with Gasteiger partial charge >= 0.3 is 5.97 Å². The number of imidazole rings is 1. The molecule has 0 aliphatic carbocycles. The Morgan fingerprint density at radius 3 is 2.68 bits per heavy atom. The van der Waals surface area contributed by atoms with Crippen molar-refractivity contribution in [1.82, 2.24) is 9.55 Å². The van der Waals surface area contributed by atoms with Crippen LogP contribution in [-0.2, 0) is 11.2 Å². The molecule has 5 heteroatoms. The highest BCUT2D eigenvalue weighted by Gasteiger charge is 2.21. The van der Waals surface area contributed by atoms with E-state index in [-0.39, 0.29) is 5.41 Å². The first-order valence-electron chi connectivity index (χ1n) is 7.31. The first kappa shape index (κ1) is 16.6. The van der Waals surface area contributed by atoms with Gasteiger partial charge in [-0.1, -0.05) is 38.4 Å². The number of carbonyl (C=O) groups is 1. The van der Waals surface area contributed by atoms with E-state index in [2.05, 4.69) is 25.8 Å². The molecule has 2 rings (SSSR count). The van der Waals surface area contributed by atoms with Crippen LogP contribution in [0, 0.1) is 5.41 Å². The van der Waals surface area contributed by atoms with Crippen molar-refractivity contribution in [1.29, 1.82) is 0 Å². The van der Waals surface area contributed by atoms with E-state index in [0.717, 1.165) is 17.9 Å². The van der Waals surface area contributed by atoms with Gasteiger partial charge in [0.2, 0.25) is 0 Å². The first-order valence-corrected chi connectivity index (χ1v) is 7.69. The van der Waals surface area contributed by atoms with E-state index in [1.54, 1.807) is 13.1 Å². The lowest BCUT2D eigenvalue weighted by atomic mass is 9.92. The Balaban J connectivity index is 2.47. The predicted molar refractivity (Wildman–Crippen MR) is 87.7 cm³/mol. The fourth-order valence-electron chi connectivity index (χ4n) is 2.17. The third kappa shape index (κ3) is 4.10. The summed E-state index contributed by atoms with van der Waals surface area (Å²) in [6, 6.07) is 7.49. The molecule has 0 N–H and O–H groups in total. The molecule has 0 atom stereocenters. The van der Waals surface area contributed by atoms with Crippen molar-refractivity contribution < 1.29 is 9.53 Å². The van der Waals surface area contributed by atoms with Gasteiger partial charge < -0.3 is 9.30 Å². The number of hydrogen-bond acceptors (Lipinski definition) is 3. The number of ether oxygens (including phenoxy) is 1. The molecular weight excluding hydrogens is 300 g/mol. The lowest BCUT2D eigenvalue weighted by molar-refractivity contribution is 0.0520. The highest BCUT2D eigenvalue weighted by Crippen LogP contribution is 2.24. The van der Waals surface area contributed by atoms with Crippen molar-refractivity contribution >= 4 is 17.6 Å². The molecular formula is C17H21ClN2O2. The lowest BCUT2D eigenvalue weighted by Crippen LogP contribution is -2.13. The normalized spacial score (nSPS) is 11.5. The SMILES string of the molecule is CCOC(=O)c1cn(-c2cccc(Cl)c2)c(CC(C)(C)C)n1. The van der Waals surface area contributed by atoms with E-state index >= 15 is 0 Å². The second kappa shape index (κ2) is 6.53. The zero-order valence-electron chi connectivity index (χ0n) is 13.4. The molecule has 0 aliphatic heterocycles. The summed E-state index contributed by atoms with van der Waals surface area (Å²) in [5, 5.41) is 0.644. The first-order chi connectivity index (χ1) is 10.3. The smallest absolute Gasteiger partial charge is 0.358 e. The summed E-state index contributed by atoms with van der Waals surface area (Å²) in [5.41, 5.74) is 1.25. The van der Waals surface area contributed by atoms with E-state index in [1.807, 2.05) is 28.8 Å². The van der Waals surface area contributed by atoms with Gasteiger partial charge in [0.15, 0.2) is 5.69 Å². The number of carbonyl (C=O) groups excluding carboxylic acids is 1. The van der Waals surface area contributed by atoms with Crippen LogP contribution in [0.2, 0.25) is 5.02 Å². The molecule has 0 radical (unpaired) electrons. The van der Waals surface area contributed by atoms with Crippen LogP contribution in [0.1, 0.15) is 44.0 Å². The molecule has 0 unspecified atom stereocenters. The molecule has 2 aromatic rings.